The lowest BCUT2D eigenvalue weighted by atomic mass is 9.99. The largest absolute Gasteiger partial charge is 0.311 e. The van der Waals surface area contributed by atoms with Gasteiger partial charge in [-0.2, -0.15) is 0 Å². The third kappa shape index (κ3) is 4.97. The molecule has 0 aromatic heterocycles. The molecule has 1 aliphatic carbocycles. The summed E-state index contributed by atoms with van der Waals surface area (Å²) in [5.41, 5.74) is 0.604. The number of hydrogen-bond donors (Lipinski definition) is 1. The molecular formula is C15H32N2. The van der Waals surface area contributed by atoms with E-state index in [0.717, 1.165) is 0 Å². The van der Waals surface area contributed by atoms with Crippen LogP contribution in [-0.4, -0.2) is 36.6 Å². The van der Waals surface area contributed by atoms with Gasteiger partial charge in [-0.25, -0.2) is 0 Å². The topological polar surface area (TPSA) is 15.3 Å². The van der Waals surface area contributed by atoms with E-state index in [9.17, 15) is 0 Å². The third-order valence-electron chi connectivity index (χ3n) is 4.62. The minimum absolute atomic E-state index is 0.604. The van der Waals surface area contributed by atoms with E-state index in [1.54, 1.807) is 0 Å². The summed E-state index contributed by atoms with van der Waals surface area (Å²) in [6, 6.07) is 1.35. The van der Waals surface area contributed by atoms with Crippen LogP contribution in [0.15, 0.2) is 0 Å². The summed E-state index contributed by atoms with van der Waals surface area (Å²) < 4.78 is 0. The highest BCUT2D eigenvalue weighted by molar-refractivity contribution is 4.97. The van der Waals surface area contributed by atoms with Crippen molar-refractivity contribution in [2.75, 3.05) is 19.6 Å². The van der Waals surface area contributed by atoms with Crippen molar-refractivity contribution >= 4 is 0 Å². The molecule has 0 radical (unpaired) electrons. The van der Waals surface area contributed by atoms with Crippen molar-refractivity contribution in [1.29, 1.82) is 0 Å². The first-order valence-electron chi connectivity index (χ1n) is 7.50. The quantitative estimate of drug-likeness (QED) is 0.665. The summed E-state index contributed by atoms with van der Waals surface area (Å²) in [7, 11) is 0. The Hall–Kier alpha value is -0.0800. The number of nitrogens with one attached hydrogen (secondary N) is 1. The normalized spacial score (nSPS) is 21.5. The molecular weight excluding hydrogens is 208 g/mol. The first kappa shape index (κ1) is 15.0. The van der Waals surface area contributed by atoms with Crippen LogP contribution in [0.3, 0.4) is 0 Å². The van der Waals surface area contributed by atoms with Crippen molar-refractivity contribution in [3.05, 3.63) is 0 Å². The molecule has 1 N–H and O–H groups in total. The molecule has 0 heterocycles. The highest BCUT2D eigenvalue weighted by Gasteiger charge is 2.42. The molecule has 2 heteroatoms. The third-order valence-corrected chi connectivity index (χ3v) is 4.62. The van der Waals surface area contributed by atoms with Crippen molar-refractivity contribution in [2.24, 2.45) is 5.41 Å². The lowest BCUT2D eigenvalue weighted by molar-refractivity contribution is 0.281. The smallest absolute Gasteiger partial charge is 0.00950 e. The van der Waals surface area contributed by atoms with Crippen LogP contribution < -0.4 is 5.32 Å². The summed E-state index contributed by atoms with van der Waals surface area (Å²) in [4.78, 5) is 2.51. The molecule has 0 bridgehead atoms. The first-order valence-corrected chi connectivity index (χ1v) is 7.50. The Kier molecular flexibility index (Phi) is 5.94. The molecule has 1 fully saturated rings. The predicted molar refractivity (Wildman–Crippen MR) is 76.4 cm³/mol. The van der Waals surface area contributed by atoms with Gasteiger partial charge in [0.2, 0.25) is 0 Å². The van der Waals surface area contributed by atoms with Crippen LogP contribution >= 0.6 is 0 Å². The maximum absolute atomic E-state index is 3.77. The molecule has 2 atom stereocenters. The van der Waals surface area contributed by atoms with E-state index in [0.29, 0.717) is 17.5 Å². The lowest BCUT2D eigenvalue weighted by Crippen LogP contribution is -2.40. The van der Waals surface area contributed by atoms with Gasteiger partial charge in [0.1, 0.15) is 0 Å². The van der Waals surface area contributed by atoms with Gasteiger partial charge < -0.3 is 10.2 Å². The van der Waals surface area contributed by atoms with Gasteiger partial charge in [0, 0.05) is 12.1 Å². The zero-order valence-electron chi connectivity index (χ0n) is 12.6. The average molecular weight is 240 g/mol. The highest BCUT2D eigenvalue weighted by Crippen LogP contribution is 2.48. The molecule has 2 nitrogen and oxygen atoms in total. The van der Waals surface area contributed by atoms with E-state index in [4.69, 9.17) is 0 Å². The van der Waals surface area contributed by atoms with Gasteiger partial charge in [0.25, 0.3) is 0 Å². The Morgan fingerprint density at radius 3 is 2.24 bits per heavy atom. The molecule has 17 heavy (non-hydrogen) atoms. The first-order chi connectivity index (χ1) is 8.01. The summed E-state index contributed by atoms with van der Waals surface area (Å²) in [5.74, 6) is 0. The van der Waals surface area contributed by atoms with E-state index in [1.807, 2.05) is 0 Å². The van der Waals surface area contributed by atoms with Crippen LogP contribution in [0.5, 0.6) is 0 Å². The molecule has 0 aromatic carbocycles. The van der Waals surface area contributed by atoms with Gasteiger partial charge in [-0.1, -0.05) is 20.8 Å². The van der Waals surface area contributed by atoms with Crippen LogP contribution in [0.25, 0.3) is 0 Å². The van der Waals surface area contributed by atoms with E-state index in [2.05, 4.69) is 44.8 Å². The van der Waals surface area contributed by atoms with Crippen molar-refractivity contribution in [2.45, 2.75) is 72.4 Å². The molecule has 1 aliphatic rings. The Balaban J connectivity index is 2.10. The van der Waals surface area contributed by atoms with E-state index in [1.165, 1.54) is 45.3 Å². The summed E-state index contributed by atoms with van der Waals surface area (Å²) in [5, 5.41) is 3.77. The number of rotatable bonds is 9. The zero-order valence-corrected chi connectivity index (χ0v) is 12.6. The second-order valence-electron chi connectivity index (χ2n) is 6.11. The van der Waals surface area contributed by atoms with Gasteiger partial charge in [-0.05, 0) is 64.6 Å². The van der Waals surface area contributed by atoms with Crippen LogP contribution in [-0.2, 0) is 0 Å². The summed E-state index contributed by atoms with van der Waals surface area (Å²) in [6.45, 7) is 15.2. The standard InChI is InChI=1S/C15H32N2/c1-6-17(7-2)12-8-9-13(3)16-14(4)15(5)10-11-15/h13-14,16H,6-12H2,1-5H3. The molecule has 2 unspecified atom stereocenters. The second-order valence-corrected chi connectivity index (χ2v) is 6.11. The number of hydrogen-bond acceptors (Lipinski definition) is 2. The Labute approximate surface area is 108 Å². The highest BCUT2D eigenvalue weighted by atomic mass is 15.1. The minimum Gasteiger partial charge on any atom is -0.311 e. The number of nitrogens with zero attached hydrogens (tertiary/aromatic N) is 1. The zero-order chi connectivity index (χ0) is 12.9. The summed E-state index contributed by atoms with van der Waals surface area (Å²) >= 11 is 0. The van der Waals surface area contributed by atoms with Crippen LogP contribution in [0.2, 0.25) is 0 Å². The van der Waals surface area contributed by atoms with E-state index < -0.39 is 0 Å². The van der Waals surface area contributed by atoms with Crippen molar-refractivity contribution in [3.63, 3.8) is 0 Å². The fourth-order valence-electron chi connectivity index (χ4n) is 2.50. The van der Waals surface area contributed by atoms with Gasteiger partial charge in [-0.15, -0.1) is 0 Å². The second kappa shape index (κ2) is 6.75. The van der Waals surface area contributed by atoms with E-state index >= 15 is 0 Å². The maximum atomic E-state index is 3.77. The van der Waals surface area contributed by atoms with Crippen LogP contribution in [0.4, 0.5) is 0 Å². The molecule has 1 rings (SSSR count). The van der Waals surface area contributed by atoms with E-state index in [-0.39, 0.29) is 0 Å². The minimum atomic E-state index is 0.604. The molecule has 0 spiro atoms. The summed E-state index contributed by atoms with van der Waals surface area (Å²) in [6.07, 6.45) is 5.44. The van der Waals surface area contributed by atoms with Gasteiger partial charge >= 0.3 is 0 Å². The Morgan fingerprint density at radius 1 is 1.18 bits per heavy atom. The molecule has 102 valence electrons. The molecule has 0 saturated heterocycles. The van der Waals surface area contributed by atoms with Crippen molar-refractivity contribution < 1.29 is 0 Å². The van der Waals surface area contributed by atoms with Gasteiger partial charge in [0.15, 0.2) is 0 Å². The monoisotopic (exact) mass is 240 g/mol. The predicted octanol–water partition coefficient (Wildman–Crippen LogP) is 3.28. The molecule has 0 amide bonds. The van der Waals surface area contributed by atoms with Crippen LogP contribution in [0, 0.1) is 5.41 Å². The average Bonchev–Trinajstić information content (AvgIpc) is 3.04. The lowest BCUT2D eigenvalue weighted by Gasteiger charge is -2.26. The van der Waals surface area contributed by atoms with Gasteiger partial charge in [-0.3, -0.25) is 0 Å². The van der Waals surface area contributed by atoms with Crippen molar-refractivity contribution in [3.8, 4) is 0 Å². The van der Waals surface area contributed by atoms with Crippen molar-refractivity contribution in [1.82, 2.24) is 10.2 Å². The fraction of sp³-hybridized carbons (Fsp3) is 1.00. The maximum Gasteiger partial charge on any atom is 0.00950 e. The molecule has 1 saturated carbocycles. The van der Waals surface area contributed by atoms with Crippen LogP contribution in [0.1, 0.15) is 60.3 Å². The molecule has 0 aliphatic heterocycles. The SMILES string of the molecule is CCN(CC)CCCC(C)NC(C)C1(C)CC1. The fourth-order valence-corrected chi connectivity index (χ4v) is 2.50. The Morgan fingerprint density at radius 2 is 1.76 bits per heavy atom. The molecule has 0 aromatic rings. The Bertz CT molecular complexity index is 207. The van der Waals surface area contributed by atoms with Gasteiger partial charge in [0.05, 0.1) is 0 Å².